The minimum Gasteiger partial charge on any atom is -0.338 e. The van der Waals surface area contributed by atoms with Crippen LogP contribution in [0.2, 0.25) is 0 Å². The summed E-state index contributed by atoms with van der Waals surface area (Å²) in [5.74, 6) is -0.273. The molecule has 4 rings (SSSR count). The molecule has 1 aliphatic heterocycles. The molecule has 1 atom stereocenters. The summed E-state index contributed by atoms with van der Waals surface area (Å²) in [6.07, 6.45) is 0.773. The summed E-state index contributed by atoms with van der Waals surface area (Å²) in [7, 11) is 0. The van der Waals surface area contributed by atoms with Crippen molar-refractivity contribution < 1.29 is 9.59 Å². The van der Waals surface area contributed by atoms with Crippen molar-refractivity contribution in [2.24, 2.45) is 4.99 Å². The average Bonchev–Trinajstić information content (AvgIpc) is 3.31. The molecule has 10 heteroatoms. The molecular weight excluding hydrogens is 468 g/mol. The molecule has 0 bridgehead atoms. The summed E-state index contributed by atoms with van der Waals surface area (Å²) in [4.78, 5) is 30.4. The smallest absolute Gasteiger partial charge is 0.255 e. The van der Waals surface area contributed by atoms with E-state index in [2.05, 4.69) is 26.1 Å². The van der Waals surface area contributed by atoms with Crippen LogP contribution in [0, 0.1) is 0 Å². The minimum atomic E-state index is -0.494. The highest BCUT2D eigenvalue weighted by Crippen LogP contribution is 2.33. The number of carbonyl (C=O) groups excluding carboxylic acids is 2. The number of aryl methyl sites for hydroxylation is 1. The Morgan fingerprint density at radius 2 is 1.74 bits per heavy atom. The zero-order valence-electron chi connectivity index (χ0n) is 18.7. The van der Waals surface area contributed by atoms with Gasteiger partial charge in [0.25, 0.3) is 5.91 Å². The highest BCUT2D eigenvalue weighted by atomic mass is 32.2. The van der Waals surface area contributed by atoms with E-state index in [1.165, 1.54) is 23.1 Å². The SMILES string of the molecule is CCc1nnc(NC(=O)CSC2=N[C@@H](c3ccccc3)C(C(=O)Nc3ccccc3)=C(C)N2)s1. The van der Waals surface area contributed by atoms with Gasteiger partial charge in [0.1, 0.15) is 11.0 Å². The normalized spacial score (nSPS) is 15.4. The van der Waals surface area contributed by atoms with Crippen LogP contribution in [-0.4, -0.2) is 32.9 Å². The molecule has 2 amide bonds. The molecule has 8 nitrogen and oxygen atoms in total. The minimum absolute atomic E-state index is 0.146. The Labute approximate surface area is 206 Å². The van der Waals surface area contributed by atoms with Crippen molar-refractivity contribution in [3.8, 4) is 0 Å². The Morgan fingerprint density at radius 1 is 1.03 bits per heavy atom. The molecular formula is C24H24N6O2S2. The second kappa shape index (κ2) is 11.1. The largest absolute Gasteiger partial charge is 0.338 e. The van der Waals surface area contributed by atoms with E-state index < -0.39 is 6.04 Å². The number of carbonyl (C=O) groups is 2. The van der Waals surface area contributed by atoms with Gasteiger partial charge in [0.05, 0.1) is 11.3 Å². The Kier molecular flexibility index (Phi) is 7.71. The summed E-state index contributed by atoms with van der Waals surface area (Å²) < 4.78 is 0. The molecule has 174 valence electrons. The summed E-state index contributed by atoms with van der Waals surface area (Å²) in [5.41, 5.74) is 2.83. The van der Waals surface area contributed by atoms with Gasteiger partial charge in [-0.3, -0.25) is 14.9 Å². The maximum absolute atomic E-state index is 13.2. The summed E-state index contributed by atoms with van der Waals surface area (Å²) in [6, 6.07) is 18.5. The first-order valence-electron chi connectivity index (χ1n) is 10.8. The third-order valence-corrected chi connectivity index (χ3v) is 6.84. The Balaban J connectivity index is 1.49. The third-order valence-electron chi connectivity index (χ3n) is 4.97. The number of hydrogen-bond donors (Lipinski definition) is 3. The number of thioether (sulfide) groups is 1. The van der Waals surface area contributed by atoms with Crippen LogP contribution in [0.1, 0.15) is 30.5 Å². The first-order chi connectivity index (χ1) is 16.5. The molecule has 0 aliphatic carbocycles. The van der Waals surface area contributed by atoms with Gasteiger partial charge in [-0.2, -0.15) is 0 Å². The standard InChI is InChI=1S/C24H24N6O2S2/c1-3-19-29-30-24(34-19)27-18(31)14-33-23-25-15(2)20(21(28-23)16-10-6-4-7-11-16)22(32)26-17-12-8-5-9-13-17/h4-13,21H,3,14H2,1-2H3,(H,25,28)(H,26,32)(H,27,30,31)/t21-/m0/s1. The number of aromatic nitrogens is 2. The number of amides is 2. The maximum Gasteiger partial charge on any atom is 0.255 e. The Hall–Kier alpha value is -3.50. The molecule has 3 aromatic rings. The highest BCUT2D eigenvalue weighted by Gasteiger charge is 2.29. The van der Waals surface area contributed by atoms with Crippen molar-refractivity contribution in [1.29, 1.82) is 0 Å². The van der Waals surface area contributed by atoms with Crippen LogP contribution in [0.5, 0.6) is 0 Å². The number of amidine groups is 1. The fourth-order valence-corrected chi connectivity index (χ4v) is 4.79. The van der Waals surface area contributed by atoms with Crippen molar-refractivity contribution in [2.45, 2.75) is 26.3 Å². The number of aliphatic imine (C=N–C) groups is 1. The van der Waals surface area contributed by atoms with Crippen LogP contribution in [0.25, 0.3) is 0 Å². The van der Waals surface area contributed by atoms with Crippen LogP contribution in [0.4, 0.5) is 10.8 Å². The van der Waals surface area contributed by atoms with Crippen LogP contribution >= 0.6 is 23.1 Å². The molecule has 0 radical (unpaired) electrons. The highest BCUT2D eigenvalue weighted by molar-refractivity contribution is 8.14. The predicted molar refractivity (Wildman–Crippen MR) is 138 cm³/mol. The number of hydrogen-bond acceptors (Lipinski definition) is 8. The van der Waals surface area contributed by atoms with Crippen LogP contribution in [-0.2, 0) is 16.0 Å². The van der Waals surface area contributed by atoms with Gasteiger partial charge >= 0.3 is 0 Å². The zero-order chi connectivity index (χ0) is 23.9. The number of benzene rings is 2. The van der Waals surface area contributed by atoms with Gasteiger partial charge < -0.3 is 10.6 Å². The van der Waals surface area contributed by atoms with E-state index in [0.717, 1.165) is 17.0 Å². The monoisotopic (exact) mass is 492 g/mol. The lowest BCUT2D eigenvalue weighted by molar-refractivity contribution is -0.114. The molecule has 1 aliphatic rings. The second-order valence-corrected chi connectivity index (χ2v) is 9.45. The number of rotatable bonds is 7. The number of anilines is 2. The second-order valence-electron chi connectivity index (χ2n) is 7.42. The van der Waals surface area contributed by atoms with Gasteiger partial charge in [-0.05, 0) is 31.0 Å². The summed E-state index contributed by atoms with van der Waals surface area (Å²) in [6.45, 7) is 3.83. The molecule has 2 aromatic carbocycles. The zero-order valence-corrected chi connectivity index (χ0v) is 20.4. The maximum atomic E-state index is 13.2. The lowest BCUT2D eigenvalue weighted by Gasteiger charge is -2.26. The van der Waals surface area contributed by atoms with Crippen molar-refractivity contribution in [3.05, 3.63) is 82.5 Å². The van der Waals surface area contributed by atoms with Gasteiger partial charge in [0.15, 0.2) is 5.17 Å². The van der Waals surface area contributed by atoms with E-state index in [0.29, 0.717) is 27.3 Å². The van der Waals surface area contributed by atoms with Crippen molar-refractivity contribution in [3.63, 3.8) is 0 Å². The Morgan fingerprint density at radius 3 is 2.41 bits per heavy atom. The fraction of sp³-hybridized carbons (Fsp3) is 0.208. The molecule has 34 heavy (non-hydrogen) atoms. The molecule has 0 saturated heterocycles. The van der Waals surface area contributed by atoms with Crippen molar-refractivity contribution in [1.82, 2.24) is 15.5 Å². The van der Waals surface area contributed by atoms with E-state index >= 15 is 0 Å². The van der Waals surface area contributed by atoms with Crippen LogP contribution < -0.4 is 16.0 Å². The summed E-state index contributed by atoms with van der Waals surface area (Å²) in [5, 5.41) is 18.8. The molecule has 0 saturated carbocycles. The first-order valence-corrected chi connectivity index (χ1v) is 12.6. The molecule has 0 unspecified atom stereocenters. The Bertz CT molecular complexity index is 1220. The van der Waals surface area contributed by atoms with E-state index in [1.807, 2.05) is 74.5 Å². The molecule has 1 aromatic heterocycles. The fourth-order valence-electron chi connectivity index (χ4n) is 3.35. The lowest BCUT2D eigenvalue weighted by atomic mass is 9.96. The average molecular weight is 493 g/mol. The van der Waals surface area contributed by atoms with Crippen LogP contribution in [0.15, 0.2) is 76.9 Å². The summed E-state index contributed by atoms with van der Waals surface area (Å²) >= 11 is 2.64. The van der Waals surface area contributed by atoms with Crippen LogP contribution in [0.3, 0.4) is 0 Å². The van der Waals surface area contributed by atoms with Crippen molar-refractivity contribution >= 4 is 50.9 Å². The first kappa shape index (κ1) is 23.7. The van der Waals surface area contributed by atoms with Gasteiger partial charge in [-0.25, -0.2) is 4.99 Å². The number of allylic oxidation sites excluding steroid dienone is 1. The third kappa shape index (κ3) is 5.89. The molecule has 2 heterocycles. The van der Waals surface area contributed by atoms with Gasteiger partial charge in [-0.1, -0.05) is 78.6 Å². The predicted octanol–water partition coefficient (Wildman–Crippen LogP) is 4.39. The van der Waals surface area contributed by atoms with Crippen molar-refractivity contribution in [2.75, 3.05) is 16.4 Å². The van der Waals surface area contributed by atoms with Gasteiger partial charge in [0.2, 0.25) is 11.0 Å². The topological polar surface area (TPSA) is 108 Å². The van der Waals surface area contributed by atoms with Gasteiger partial charge in [-0.15, -0.1) is 10.2 Å². The van der Waals surface area contributed by atoms with E-state index in [4.69, 9.17) is 4.99 Å². The number of para-hydroxylation sites is 1. The lowest BCUT2D eigenvalue weighted by Crippen LogP contribution is -2.32. The van der Waals surface area contributed by atoms with E-state index in [1.54, 1.807) is 0 Å². The molecule has 0 spiro atoms. The van der Waals surface area contributed by atoms with E-state index in [-0.39, 0.29) is 17.6 Å². The molecule has 3 N–H and O–H groups in total. The quantitative estimate of drug-likeness (QED) is 0.452. The van der Waals surface area contributed by atoms with Gasteiger partial charge in [0, 0.05) is 11.4 Å². The number of nitrogens with one attached hydrogen (secondary N) is 3. The molecule has 0 fully saturated rings. The number of nitrogens with zero attached hydrogens (tertiary/aromatic N) is 3. The van der Waals surface area contributed by atoms with E-state index in [9.17, 15) is 9.59 Å².